The van der Waals surface area contributed by atoms with Crippen LogP contribution in [0.2, 0.25) is 0 Å². The van der Waals surface area contributed by atoms with Crippen molar-refractivity contribution in [2.45, 2.75) is 79.0 Å². The van der Waals surface area contributed by atoms with Crippen LogP contribution in [-0.2, 0) is 4.74 Å². The van der Waals surface area contributed by atoms with Crippen LogP contribution in [0.1, 0.15) is 60.8 Å². The molecule has 3 unspecified atom stereocenters. The highest BCUT2D eigenvalue weighted by atomic mass is 16.5. The Hall–Kier alpha value is -0.120. The van der Waals surface area contributed by atoms with Crippen molar-refractivity contribution in [2.75, 3.05) is 26.2 Å². The number of hydrogen-bond donors (Lipinski definition) is 1. The third kappa shape index (κ3) is 4.67. The van der Waals surface area contributed by atoms with E-state index in [1.807, 2.05) is 0 Å². The minimum atomic E-state index is 0.310. The maximum Gasteiger partial charge on any atom is 0.0702 e. The first-order valence-corrected chi connectivity index (χ1v) is 8.77. The van der Waals surface area contributed by atoms with Crippen molar-refractivity contribution in [1.29, 1.82) is 0 Å². The van der Waals surface area contributed by atoms with Gasteiger partial charge in [-0.2, -0.15) is 0 Å². The molecule has 0 aliphatic carbocycles. The lowest BCUT2D eigenvalue weighted by molar-refractivity contribution is -0.0434. The van der Waals surface area contributed by atoms with Crippen LogP contribution in [-0.4, -0.2) is 49.3 Å². The fourth-order valence-electron chi connectivity index (χ4n) is 3.66. The van der Waals surface area contributed by atoms with Gasteiger partial charge in [-0.15, -0.1) is 0 Å². The van der Waals surface area contributed by atoms with Gasteiger partial charge in [-0.25, -0.2) is 0 Å². The monoisotopic (exact) mass is 296 g/mol. The predicted octanol–water partition coefficient (Wildman–Crippen LogP) is 3.29. The Morgan fingerprint density at radius 3 is 2.29 bits per heavy atom. The molecular formula is C18H36N2O. The van der Waals surface area contributed by atoms with Crippen LogP contribution in [0, 0.1) is 10.8 Å². The number of ether oxygens (including phenoxy) is 1. The standard InChI is InChI=1S/C18H36N2O/c1-17(2,3)15-13-20(12-14-9-7-8-10-21-14)16(11-19-15)18(4,5)6/h14-16,19H,7-13H2,1-6H3. The zero-order valence-corrected chi connectivity index (χ0v) is 15.0. The summed E-state index contributed by atoms with van der Waals surface area (Å²) in [5.41, 5.74) is 0.624. The van der Waals surface area contributed by atoms with Crippen LogP contribution < -0.4 is 5.32 Å². The van der Waals surface area contributed by atoms with Crippen molar-refractivity contribution in [3.8, 4) is 0 Å². The third-order valence-corrected chi connectivity index (χ3v) is 5.17. The number of hydrogen-bond acceptors (Lipinski definition) is 3. The van der Waals surface area contributed by atoms with Crippen LogP contribution in [0.4, 0.5) is 0 Å². The summed E-state index contributed by atoms with van der Waals surface area (Å²) in [5.74, 6) is 0. The van der Waals surface area contributed by atoms with Crippen molar-refractivity contribution < 1.29 is 4.74 Å². The maximum atomic E-state index is 6.00. The molecule has 0 aromatic heterocycles. The van der Waals surface area contributed by atoms with Crippen molar-refractivity contribution >= 4 is 0 Å². The lowest BCUT2D eigenvalue weighted by atomic mass is 9.79. The van der Waals surface area contributed by atoms with Gasteiger partial charge in [0, 0.05) is 38.3 Å². The van der Waals surface area contributed by atoms with Gasteiger partial charge in [0.2, 0.25) is 0 Å². The van der Waals surface area contributed by atoms with E-state index in [2.05, 4.69) is 51.8 Å². The van der Waals surface area contributed by atoms with Crippen molar-refractivity contribution in [3.63, 3.8) is 0 Å². The highest BCUT2D eigenvalue weighted by Gasteiger charge is 2.39. The molecular weight excluding hydrogens is 260 g/mol. The average molecular weight is 296 g/mol. The highest BCUT2D eigenvalue weighted by molar-refractivity contribution is 4.96. The van der Waals surface area contributed by atoms with Gasteiger partial charge < -0.3 is 10.1 Å². The van der Waals surface area contributed by atoms with E-state index in [4.69, 9.17) is 4.74 Å². The number of piperazine rings is 1. The molecule has 2 saturated heterocycles. The SMILES string of the molecule is CC(C)(C)C1CN(CC2CCCCO2)C(C(C)(C)C)CN1. The molecule has 3 atom stereocenters. The van der Waals surface area contributed by atoms with Crippen LogP contribution in [0.3, 0.4) is 0 Å². The summed E-state index contributed by atoms with van der Waals surface area (Å²) in [5, 5.41) is 3.80. The normalized spacial score (nSPS) is 33.1. The summed E-state index contributed by atoms with van der Waals surface area (Å²) >= 11 is 0. The molecule has 0 bridgehead atoms. The van der Waals surface area contributed by atoms with Gasteiger partial charge in [0.1, 0.15) is 0 Å². The second-order valence-corrected chi connectivity index (χ2v) is 9.15. The summed E-state index contributed by atoms with van der Waals surface area (Å²) in [6.07, 6.45) is 4.26. The second-order valence-electron chi connectivity index (χ2n) is 9.15. The topological polar surface area (TPSA) is 24.5 Å². The molecule has 2 heterocycles. The van der Waals surface area contributed by atoms with E-state index >= 15 is 0 Å². The molecule has 0 amide bonds. The van der Waals surface area contributed by atoms with Crippen molar-refractivity contribution in [1.82, 2.24) is 10.2 Å². The van der Waals surface area contributed by atoms with Gasteiger partial charge in [-0.05, 0) is 30.1 Å². The van der Waals surface area contributed by atoms with E-state index in [1.54, 1.807) is 0 Å². The van der Waals surface area contributed by atoms with Crippen molar-refractivity contribution in [3.05, 3.63) is 0 Å². The number of nitrogens with one attached hydrogen (secondary N) is 1. The Kier molecular flexibility index (Phi) is 5.38. The summed E-state index contributed by atoms with van der Waals surface area (Å²) in [4.78, 5) is 2.71. The Balaban J connectivity index is 2.05. The highest BCUT2D eigenvalue weighted by Crippen LogP contribution is 2.31. The molecule has 2 aliphatic heterocycles. The zero-order valence-electron chi connectivity index (χ0n) is 15.0. The fraction of sp³-hybridized carbons (Fsp3) is 1.00. The molecule has 3 heteroatoms. The molecule has 0 radical (unpaired) electrons. The Morgan fingerprint density at radius 2 is 1.76 bits per heavy atom. The van der Waals surface area contributed by atoms with Gasteiger partial charge in [0.25, 0.3) is 0 Å². The molecule has 21 heavy (non-hydrogen) atoms. The van der Waals surface area contributed by atoms with Gasteiger partial charge in [-0.3, -0.25) is 4.90 Å². The largest absolute Gasteiger partial charge is 0.377 e. The first-order valence-electron chi connectivity index (χ1n) is 8.77. The van der Waals surface area contributed by atoms with E-state index in [-0.39, 0.29) is 0 Å². The van der Waals surface area contributed by atoms with Crippen LogP contribution in [0.15, 0.2) is 0 Å². The Labute approximate surface area is 131 Å². The van der Waals surface area contributed by atoms with Gasteiger partial charge in [0.05, 0.1) is 6.10 Å². The van der Waals surface area contributed by atoms with Crippen molar-refractivity contribution in [2.24, 2.45) is 10.8 Å². The smallest absolute Gasteiger partial charge is 0.0702 e. The van der Waals surface area contributed by atoms with Gasteiger partial charge in [0.15, 0.2) is 0 Å². The maximum absolute atomic E-state index is 6.00. The van der Waals surface area contributed by atoms with Crippen LogP contribution in [0.25, 0.3) is 0 Å². The summed E-state index contributed by atoms with van der Waals surface area (Å²) < 4.78 is 6.00. The molecule has 0 spiro atoms. The molecule has 2 aliphatic rings. The van der Waals surface area contributed by atoms with E-state index in [0.29, 0.717) is 29.0 Å². The number of nitrogens with zero attached hydrogens (tertiary/aromatic N) is 1. The van der Waals surface area contributed by atoms with Crippen LogP contribution >= 0.6 is 0 Å². The van der Waals surface area contributed by atoms with E-state index in [1.165, 1.54) is 19.3 Å². The molecule has 3 nitrogen and oxygen atoms in total. The zero-order chi connectivity index (χ0) is 15.7. The second kappa shape index (κ2) is 6.55. The van der Waals surface area contributed by atoms with Crippen LogP contribution in [0.5, 0.6) is 0 Å². The lowest BCUT2D eigenvalue weighted by Crippen LogP contribution is -2.64. The molecule has 2 rings (SSSR count). The molecule has 0 aromatic rings. The third-order valence-electron chi connectivity index (χ3n) is 5.17. The molecule has 0 aromatic carbocycles. The minimum absolute atomic E-state index is 0.310. The Bertz CT molecular complexity index is 323. The summed E-state index contributed by atoms with van der Waals surface area (Å²) in [6, 6.07) is 1.17. The lowest BCUT2D eigenvalue weighted by Gasteiger charge is -2.50. The first kappa shape index (κ1) is 17.2. The molecule has 124 valence electrons. The van der Waals surface area contributed by atoms with Gasteiger partial charge in [-0.1, -0.05) is 41.5 Å². The molecule has 2 fully saturated rings. The minimum Gasteiger partial charge on any atom is -0.377 e. The number of rotatable bonds is 2. The fourth-order valence-corrected chi connectivity index (χ4v) is 3.66. The average Bonchev–Trinajstić information content (AvgIpc) is 2.37. The quantitative estimate of drug-likeness (QED) is 0.846. The van der Waals surface area contributed by atoms with Gasteiger partial charge >= 0.3 is 0 Å². The summed E-state index contributed by atoms with van der Waals surface area (Å²) in [6.45, 7) is 18.4. The van der Waals surface area contributed by atoms with E-state index in [9.17, 15) is 0 Å². The van der Waals surface area contributed by atoms with E-state index in [0.717, 1.165) is 26.2 Å². The van der Waals surface area contributed by atoms with E-state index < -0.39 is 0 Å². The molecule has 1 N–H and O–H groups in total. The Morgan fingerprint density at radius 1 is 1.05 bits per heavy atom. The molecule has 0 saturated carbocycles. The first-order chi connectivity index (χ1) is 9.68. The predicted molar refractivity (Wildman–Crippen MR) is 89.7 cm³/mol. The summed E-state index contributed by atoms with van der Waals surface area (Å²) in [7, 11) is 0.